The highest BCUT2D eigenvalue weighted by Gasteiger charge is 2.36. The van der Waals surface area contributed by atoms with Gasteiger partial charge in [-0.05, 0) is 63.8 Å². The van der Waals surface area contributed by atoms with E-state index in [0.717, 1.165) is 24.2 Å². The minimum Gasteiger partial charge on any atom is -0.311 e. The molecule has 0 radical (unpaired) electrons. The molecule has 0 amide bonds. The molecule has 1 N–H and O–H groups in total. The quantitative estimate of drug-likeness (QED) is 0.769. The van der Waals surface area contributed by atoms with Crippen molar-refractivity contribution in [3.8, 4) is 0 Å². The second kappa shape index (κ2) is 5.96. The van der Waals surface area contributed by atoms with Crippen LogP contribution in [-0.2, 0) is 0 Å². The number of nitrogens with one attached hydrogen (secondary N) is 1. The first kappa shape index (κ1) is 14.8. The van der Waals surface area contributed by atoms with E-state index in [1.165, 1.54) is 64.2 Å². The molecule has 2 bridgehead atoms. The molecule has 2 saturated heterocycles. The van der Waals surface area contributed by atoms with Crippen LogP contribution in [0, 0.1) is 5.41 Å². The summed E-state index contributed by atoms with van der Waals surface area (Å²) < 4.78 is 0. The van der Waals surface area contributed by atoms with Crippen LogP contribution in [0.3, 0.4) is 0 Å². The van der Waals surface area contributed by atoms with Gasteiger partial charge in [0.05, 0.1) is 0 Å². The Balaban J connectivity index is 1.53. The maximum absolute atomic E-state index is 4.06. The van der Waals surface area contributed by atoms with Gasteiger partial charge in [-0.3, -0.25) is 0 Å². The predicted molar refractivity (Wildman–Crippen MR) is 86.0 cm³/mol. The van der Waals surface area contributed by atoms with E-state index in [9.17, 15) is 0 Å². The molecule has 20 heavy (non-hydrogen) atoms. The molecule has 2 nitrogen and oxygen atoms in total. The molecule has 3 rings (SSSR count). The van der Waals surface area contributed by atoms with Gasteiger partial charge in [0.15, 0.2) is 0 Å². The highest BCUT2D eigenvalue weighted by molar-refractivity contribution is 4.95. The molecule has 0 aromatic carbocycles. The minimum atomic E-state index is 0.583. The molecule has 0 aromatic heterocycles. The van der Waals surface area contributed by atoms with Gasteiger partial charge in [0.1, 0.15) is 0 Å². The summed E-state index contributed by atoms with van der Waals surface area (Å²) in [5, 5.41) is 4.06. The van der Waals surface area contributed by atoms with Gasteiger partial charge in [0.25, 0.3) is 0 Å². The Morgan fingerprint density at radius 2 is 1.55 bits per heavy atom. The lowest BCUT2D eigenvalue weighted by Gasteiger charge is -2.48. The summed E-state index contributed by atoms with van der Waals surface area (Å²) in [6.45, 7) is 4.91. The lowest BCUT2D eigenvalue weighted by molar-refractivity contribution is 0.0452. The highest BCUT2D eigenvalue weighted by atomic mass is 15.2. The Morgan fingerprint density at radius 3 is 2.25 bits per heavy atom. The van der Waals surface area contributed by atoms with E-state index in [1.54, 1.807) is 0 Å². The molecular weight excluding hydrogens is 244 g/mol. The maximum Gasteiger partial charge on any atom is 0.0110 e. The van der Waals surface area contributed by atoms with Crippen molar-refractivity contribution in [3.05, 3.63) is 0 Å². The van der Waals surface area contributed by atoms with Crippen LogP contribution < -0.4 is 5.32 Å². The van der Waals surface area contributed by atoms with Gasteiger partial charge in [0, 0.05) is 24.2 Å². The first-order valence-electron chi connectivity index (χ1n) is 9.01. The molecule has 116 valence electrons. The summed E-state index contributed by atoms with van der Waals surface area (Å²) >= 11 is 0. The van der Waals surface area contributed by atoms with E-state index in [4.69, 9.17) is 0 Å². The normalized spacial score (nSPS) is 42.1. The molecule has 1 aliphatic carbocycles. The zero-order valence-corrected chi connectivity index (χ0v) is 13.8. The predicted octanol–water partition coefficient (Wildman–Crippen LogP) is 3.95. The summed E-state index contributed by atoms with van der Waals surface area (Å²) in [5.41, 5.74) is 0.583. The smallest absolute Gasteiger partial charge is 0.0110 e. The number of hydrogen-bond acceptors (Lipinski definition) is 2. The zero-order chi connectivity index (χ0) is 14.2. The molecule has 0 spiro atoms. The molecule has 0 aromatic rings. The largest absolute Gasteiger partial charge is 0.311 e. The lowest BCUT2D eigenvalue weighted by Crippen LogP contribution is -2.55. The van der Waals surface area contributed by atoms with E-state index >= 15 is 0 Å². The average molecular weight is 278 g/mol. The molecule has 2 aliphatic heterocycles. The topological polar surface area (TPSA) is 15.3 Å². The van der Waals surface area contributed by atoms with Crippen LogP contribution >= 0.6 is 0 Å². The van der Waals surface area contributed by atoms with E-state index in [2.05, 4.69) is 31.1 Å². The standard InChI is InChI=1S/C18H34N2/c1-18(2)10-5-6-14(9-11-18)19-15-12-16-7-4-8-17(13-15)20(16)3/h14-17,19H,4-13H2,1-3H3. The summed E-state index contributed by atoms with van der Waals surface area (Å²) in [4.78, 5) is 2.68. The summed E-state index contributed by atoms with van der Waals surface area (Å²) in [6.07, 6.45) is 14.2. The number of hydrogen-bond donors (Lipinski definition) is 1. The number of nitrogens with zero attached hydrogens (tertiary/aromatic N) is 1. The van der Waals surface area contributed by atoms with Gasteiger partial charge >= 0.3 is 0 Å². The van der Waals surface area contributed by atoms with Crippen LogP contribution in [0.25, 0.3) is 0 Å². The van der Waals surface area contributed by atoms with Crippen LogP contribution in [0.2, 0.25) is 0 Å². The Kier molecular flexibility index (Phi) is 4.42. The molecule has 1 saturated carbocycles. The Bertz CT molecular complexity index is 311. The molecule has 2 heteroatoms. The van der Waals surface area contributed by atoms with Crippen molar-refractivity contribution in [3.63, 3.8) is 0 Å². The van der Waals surface area contributed by atoms with Crippen molar-refractivity contribution < 1.29 is 0 Å². The van der Waals surface area contributed by atoms with Crippen molar-refractivity contribution in [2.24, 2.45) is 5.41 Å². The minimum absolute atomic E-state index is 0.583. The van der Waals surface area contributed by atoms with Crippen molar-refractivity contribution in [2.45, 2.75) is 102 Å². The van der Waals surface area contributed by atoms with Crippen LogP contribution in [0.15, 0.2) is 0 Å². The molecule has 3 unspecified atom stereocenters. The van der Waals surface area contributed by atoms with Gasteiger partial charge in [0.2, 0.25) is 0 Å². The fourth-order valence-electron chi connectivity index (χ4n) is 4.91. The van der Waals surface area contributed by atoms with Crippen molar-refractivity contribution >= 4 is 0 Å². The summed E-state index contributed by atoms with van der Waals surface area (Å²) in [7, 11) is 2.36. The molecular formula is C18H34N2. The van der Waals surface area contributed by atoms with Crippen LogP contribution in [0.5, 0.6) is 0 Å². The Hall–Kier alpha value is -0.0800. The van der Waals surface area contributed by atoms with Crippen LogP contribution in [-0.4, -0.2) is 36.1 Å². The van der Waals surface area contributed by atoms with Gasteiger partial charge in [-0.25, -0.2) is 0 Å². The third kappa shape index (κ3) is 3.39. The van der Waals surface area contributed by atoms with Gasteiger partial charge in [-0.1, -0.05) is 26.7 Å². The van der Waals surface area contributed by atoms with Crippen molar-refractivity contribution in [1.29, 1.82) is 0 Å². The average Bonchev–Trinajstić information content (AvgIpc) is 2.52. The van der Waals surface area contributed by atoms with Crippen LogP contribution in [0.4, 0.5) is 0 Å². The van der Waals surface area contributed by atoms with Gasteiger partial charge in [-0.15, -0.1) is 0 Å². The van der Waals surface area contributed by atoms with Crippen molar-refractivity contribution in [1.82, 2.24) is 10.2 Å². The second-order valence-corrected chi connectivity index (χ2v) is 8.53. The Labute approximate surface area is 125 Å². The third-order valence-corrected chi connectivity index (χ3v) is 6.39. The molecule has 3 fully saturated rings. The van der Waals surface area contributed by atoms with Gasteiger partial charge < -0.3 is 10.2 Å². The first-order chi connectivity index (χ1) is 9.53. The monoisotopic (exact) mass is 278 g/mol. The Morgan fingerprint density at radius 1 is 0.850 bits per heavy atom. The van der Waals surface area contributed by atoms with E-state index in [-0.39, 0.29) is 0 Å². The fraction of sp³-hybridized carbons (Fsp3) is 1.00. The fourth-order valence-corrected chi connectivity index (χ4v) is 4.91. The number of piperidine rings is 2. The van der Waals surface area contributed by atoms with E-state index < -0.39 is 0 Å². The SMILES string of the molecule is CN1C2CCCC1CC(NC1CCCC(C)(C)CC1)C2. The highest BCUT2D eigenvalue weighted by Crippen LogP contribution is 2.36. The zero-order valence-electron chi connectivity index (χ0n) is 13.8. The van der Waals surface area contributed by atoms with Crippen molar-refractivity contribution in [2.75, 3.05) is 7.05 Å². The molecule has 3 aliphatic rings. The summed E-state index contributed by atoms with van der Waals surface area (Å²) in [6, 6.07) is 3.32. The number of fused-ring (bicyclic) bond motifs is 2. The van der Waals surface area contributed by atoms with Gasteiger partial charge in [-0.2, -0.15) is 0 Å². The maximum atomic E-state index is 4.06. The van der Waals surface area contributed by atoms with Crippen LogP contribution in [0.1, 0.15) is 78.1 Å². The third-order valence-electron chi connectivity index (χ3n) is 6.39. The van der Waals surface area contributed by atoms with E-state index in [1.807, 2.05) is 0 Å². The summed E-state index contributed by atoms with van der Waals surface area (Å²) in [5.74, 6) is 0. The first-order valence-corrected chi connectivity index (χ1v) is 9.01. The van der Waals surface area contributed by atoms with E-state index in [0.29, 0.717) is 5.41 Å². The molecule has 2 heterocycles. The lowest BCUT2D eigenvalue weighted by atomic mass is 9.82. The second-order valence-electron chi connectivity index (χ2n) is 8.53. The number of rotatable bonds is 2. The molecule has 3 atom stereocenters.